The van der Waals surface area contributed by atoms with Crippen LogP contribution in [0.1, 0.15) is 39.6 Å². The van der Waals surface area contributed by atoms with Crippen molar-refractivity contribution in [2.75, 3.05) is 26.1 Å². The fraction of sp³-hybridized carbons (Fsp3) is 0.417. The maximum Gasteiger partial charge on any atom is 0.225 e. The number of aromatic nitrogens is 4. The molecular weight excluding hydrogens is 422 g/mol. The molecule has 180 valence electrons. The van der Waals surface area contributed by atoms with E-state index in [1.54, 1.807) is 45.8 Å². The van der Waals surface area contributed by atoms with E-state index in [0.717, 1.165) is 16.8 Å². The summed E-state index contributed by atoms with van der Waals surface area (Å²) in [5.74, 6) is 1.90. The van der Waals surface area contributed by atoms with Crippen LogP contribution in [0.3, 0.4) is 0 Å². The molecule has 0 saturated heterocycles. The average molecular weight is 458 g/mol. The van der Waals surface area contributed by atoms with Crippen molar-refractivity contribution in [2.24, 2.45) is 0 Å². The van der Waals surface area contributed by atoms with Gasteiger partial charge in [0.2, 0.25) is 11.8 Å². The number of ether oxygens (including phenoxy) is 1. The highest BCUT2D eigenvalue weighted by atomic mass is 16.5. The van der Waals surface area contributed by atoms with E-state index in [0.29, 0.717) is 40.4 Å². The normalized spacial score (nSPS) is 9.88. The van der Waals surface area contributed by atoms with E-state index in [1.165, 1.54) is 0 Å². The van der Waals surface area contributed by atoms with Gasteiger partial charge in [0.15, 0.2) is 5.75 Å². The maximum absolute atomic E-state index is 9.37. The summed E-state index contributed by atoms with van der Waals surface area (Å²) in [6, 6.07) is 3.56. The van der Waals surface area contributed by atoms with E-state index in [-0.39, 0.29) is 11.5 Å². The van der Waals surface area contributed by atoms with E-state index < -0.39 is 0 Å². The molecule has 3 rings (SSSR count). The molecule has 3 N–H and O–H groups in total. The molecule has 9 heteroatoms. The molecule has 0 bridgehead atoms. The number of methoxy groups -OCH3 is 1. The van der Waals surface area contributed by atoms with Crippen LogP contribution >= 0.6 is 0 Å². The number of aromatic hydroxyl groups is 3. The van der Waals surface area contributed by atoms with Crippen LogP contribution in [0.15, 0.2) is 12.1 Å². The predicted molar refractivity (Wildman–Crippen MR) is 130 cm³/mol. The lowest BCUT2D eigenvalue weighted by atomic mass is 10.2. The molecule has 0 aliphatic rings. The number of hydrogen-bond donors (Lipinski definition) is 3. The topological polar surface area (TPSA) is 125 Å². The number of pyridine rings is 2. The third-order valence-corrected chi connectivity index (χ3v) is 4.65. The molecule has 3 heterocycles. The Morgan fingerprint density at radius 3 is 1.45 bits per heavy atom. The van der Waals surface area contributed by atoms with Gasteiger partial charge in [-0.05, 0) is 65.7 Å². The lowest BCUT2D eigenvalue weighted by Crippen LogP contribution is -2.13. The monoisotopic (exact) mass is 457 g/mol. The summed E-state index contributed by atoms with van der Waals surface area (Å²) in [4.78, 5) is 18.1. The molecule has 3 aromatic rings. The maximum atomic E-state index is 9.37. The van der Waals surface area contributed by atoms with Crippen molar-refractivity contribution < 1.29 is 20.1 Å². The highest BCUT2D eigenvalue weighted by Crippen LogP contribution is 2.23. The van der Waals surface area contributed by atoms with Gasteiger partial charge in [-0.15, -0.1) is 0 Å². The quantitative estimate of drug-likeness (QED) is 0.524. The highest BCUT2D eigenvalue weighted by molar-refractivity contribution is 5.39. The fourth-order valence-corrected chi connectivity index (χ4v) is 2.80. The van der Waals surface area contributed by atoms with Crippen LogP contribution in [0.5, 0.6) is 23.1 Å². The lowest BCUT2D eigenvalue weighted by Gasteiger charge is -2.12. The van der Waals surface area contributed by atoms with E-state index in [1.807, 2.05) is 40.9 Å². The smallest absolute Gasteiger partial charge is 0.225 e. The zero-order chi connectivity index (χ0) is 25.5. The molecular formula is C24H35N5O4. The minimum absolute atomic E-state index is 0.181. The van der Waals surface area contributed by atoms with Gasteiger partial charge in [-0.1, -0.05) is 0 Å². The van der Waals surface area contributed by atoms with Crippen molar-refractivity contribution in [1.29, 1.82) is 0 Å². The first-order valence-electron chi connectivity index (χ1n) is 10.3. The Balaban J connectivity index is 0.000000249. The molecule has 3 aromatic heterocycles. The summed E-state index contributed by atoms with van der Waals surface area (Å²) in [6.45, 7) is 12.7. The summed E-state index contributed by atoms with van der Waals surface area (Å²) < 4.78 is 4.91. The molecule has 0 radical (unpaired) electrons. The third-order valence-electron chi connectivity index (χ3n) is 4.65. The summed E-state index contributed by atoms with van der Waals surface area (Å²) in [7, 11) is 5.29. The molecule has 0 aromatic carbocycles. The average Bonchev–Trinajstić information content (AvgIpc) is 2.74. The minimum Gasteiger partial charge on any atom is -0.506 e. The van der Waals surface area contributed by atoms with Crippen molar-refractivity contribution in [3.63, 3.8) is 0 Å². The van der Waals surface area contributed by atoms with Crippen LogP contribution in [-0.2, 0) is 0 Å². The number of rotatable bonds is 2. The molecule has 9 nitrogen and oxygen atoms in total. The van der Waals surface area contributed by atoms with Crippen molar-refractivity contribution >= 4 is 5.95 Å². The van der Waals surface area contributed by atoms with Gasteiger partial charge < -0.3 is 25.0 Å². The summed E-state index contributed by atoms with van der Waals surface area (Å²) >= 11 is 0. The van der Waals surface area contributed by atoms with Crippen LogP contribution in [0.2, 0.25) is 0 Å². The zero-order valence-electron chi connectivity index (χ0n) is 21.1. The number of anilines is 1. The number of nitrogens with zero attached hydrogens (tertiary/aromatic N) is 5. The van der Waals surface area contributed by atoms with Gasteiger partial charge in [0.25, 0.3) is 0 Å². The van der Waals surface area contributed by atoms with Crippen LogP contribution in [0.4, 0.5) is 5.95 Å². The van der Waals surface area contributed by atoms with Crippen LogP contribution < -0.4 is 9.64 Å². The van der Waals surface area contributed by atoms with Crippen LogP contribution in [0.25, 0.3) is 0 Å². The third kappa shape index (κ3) is 7.78. The SMILES string of the molecule is COc1cc(C)c(O)c(C)n1.Cc1cc(C)c(O)c(C)n1.Cc1nc(N(C)C)nc(C)c1O. The Morgan fingerprint density at radius 2 is 1.06 bits per heavy atom. The van der Waals surface area contributed by atoms with E-state index in [9.17, 15) is 15.3 Å². The van der Waals surface area contributed by atoms with Gasteiger partial charge in [0, 0.05) is 25.9 Å². The molecule has 0 atom stereocenters. The van der Waals surface area contributed by atoms with Gasteiger partial charge in [-0.25, -0.2) is 15.0 Å². The second-order valence-electron chi connectivity index (χ2n) is 7.87. The second kappa shape index (κ2) is 11.8. The Kier molecular flexibility index (Phi) is 9.84. The van der Waals surface area contributed by atoms with Gasteiger partial charge in [-0.2, -0.15) is 0 Å². The summed E-state index contributed by atoms with van der Waals surface area (Å²) in [6.07, 6.45) is 0. The van der Waals surface area contributed by atoms with Gasteiger partial charge >= 0.3 is 0 Å². The fourth-order valence-electron chi connectivity index (χ4n) is 2.80. The van der Waals surface area contributed by atoms with E-state index in [4.69, 9.17) is 4.74 Å². The molecule has 0 aliphatic carbocycles. The standard InChI is InChI=1S/C8H13N3O.C8H11NO2.C8H11NO/c1-5-7(12)6(2)10-8(9-5)11(3)4;1-5-4-7(11-3)9-6(2)8(5)10;1-5-4-6(2)9-7(3)8(5)10/h12H,1-4H3;4,10H,1-3H3;4,10H,1-3H3. The van der Waals surface area contributed by atoms with Crippen molar-refractivity contribution in [1.82, 2.24) is 19.9 Å². The van der Waals surface area contributed by atoms with Crippen molar-refractivity contribution in [3.05, 3.63) is 51.7 Å². The summed E-state index contributed by atoms with van der Waals surface area (Å²) in [5, 5.41) is 27.9. The van der Waals surface area contributed by atoms with Crippen molar-refractivity contribution in [2.45, 2.75) is 48.5 Å². The zero-order valence-corrected chi connectivity index (χ0v) is 21.1. The second-order valence-corrected chi connectivity index (χ2v) is 7.87. The molecule has 33 heavy (non-hydrogen) atoms. The number of hydrogen-bond acceptors (Lipinski definition) is 9. The Labute approximate surface area is 195 Å². The molecule has 0 saturated carbocycles. The largest absolute Gasteiger partial charge is 0.506 e. The first kappa shape index (κ1) is 27.4. The minimum atomic E-state index is 0.181. The Hall–Kier alpha value is -3.62. The molecule has 0 fully saturated rings. The molecule has 0 unspecified atom stereocenters. The predicted octanol–water partition coefficient (Wildman–Crippen LogP) is 3.99. The Morgan fingerprint density at radius 1 is 0.636 bits per heavy atom. The Bertz CT molecular complexity index is 1030. The van der Waals surface area contributed by atoms with E-state index in [2.05, 4.69) is 19.9 Å². The molecule has 0 aliphatic heterocycles. The lowest BCUT2D eigenvalue weighted by molar-refractivity contribution is 0.391. The van der Waals surface area contributed by atoms with E-state index >= 15 is 0 Å². The van der Waals surface area contributed by atoms with Crippen molar-refractivity contribution in [3.8, 4) is 23.1 Å². The molecule has 0 amide bonds. The van der Waals surface area contributed by atoms with Gasteiger partial charge in [0.05, 0.1) is 29.9 Å². The summed E-state index contributed by atoms with van der Waals surface area (Å²) in [5.41, 5.74) is 5.17. The van der Waals surface area contributed by atoms with Crippen LogP contribution in [0, 0.1) is 48.5 Å². The first-order valence-corrected chi connectivity index (χ1v) is 10.3. The van der Waals surface area contributed by atoms with Gasteiger partial charge in [0.1, 0.15) is 11.5 Å². The molecule has 0 spiro atoms. The number of aryl methyl sites for hydroxylation is 7. The first-order chi connectivity index (χ1) is 15.3. The highest BCUT2D eigenvalue weighted by Gasteiger charge is 2.07. The van der Waals surface area contributed by atoms with Crippen LogP contribution in [-0.4, -0.2) is 56.5 Å². The van der Waals surface area contributed by atoms with Gasteiger partial charge in [-0.3, -0.25) is 4.98 Å².